The van der Waals surface area contributed by atoms with E-state index in [0.29, 0.717) is 32.2 Å². The van der Waals surface area contributed by atoms with E-state index >= 15 is 0 Å². The monoisotopic (exact) mass is 597 g/mol. The lowest BCUT2D eigenvalue weighted by Crippen LogP contribution is -2.60. The van der Waals surface area contributed by atoms with Crippen molar-refractivity contribution in [3.05, 3.63) is 0 Å². The third-order valence-electron chi connectivity index (χ3n) is 9.45. The summed E-state index contributed by atoms with van der Waals surface area (Å²) in [5.41, 5.74) is -2.64. The molecule has 4 aliphatic heterocycles. The van der Waals surface area contributed by atoms with Gasteiger partial charge in [-0.3, -0.25) is 20.2 Å². The Bertz CT molecular complexity index is 915. The number of methoxy groups -OCH3 is 2. The number of carbonyl (C=O) groups excluding carboxylic acids is 2. The number of hydrogen-bond acceptors (Lipinski definition) is 8. The van der Waals surface area contributed by atoms with Gasteiger partial charge in [-0.2, -0.15) is 13.2 Å². The summed E-state index contributed by atoms with van der Waals surface area (Å²) in [5, 5.41) is 13.4. The Kier molecular flexibility index (Phi) is 8.71. The number of piperidine rings is 2. The maximum Gasteiger partial charge on any atom is 0.417 e. The second-order valence-corrected chi connectivity index (χ2v) is 13.6. The van der Waals surface area contributed by atoms with Crippen LogP contribution in [0.25, 0.3) is 0 Å². The third-order valence-corrected chi connectivity index (χ3v) is 11.1. The molecule has 0 radical (unpaired) electrons. The number of hydrogen-bond donors (Lipinski definition) is 4. The Morgan fingerprint density at radius 2 is 1.85 bits per heavy atom. The largest absolute Gasteiger partial charge is 0.417 e. The van der Waals surface area contributed by atoms with Crippen molar-refractivity contribution in [2.75, 3.05) is 40.4 Å². The fraction of sp³-hybridized carbons (Fsp3) is 0.920. The van der Waals surface area contributed by atoms with Gasteiger partial charge in [0.05, 0.1) is 17.5 Å². The van der Waals surface area contributed by atoms with Gasteiger partial charge in [-0.25, -0.2) is 0 Å². The number of likely N-dealkylation sites (tertiary alicyclic amines) is 1. The molecule has 2 amide bonds. The van der Waals surface area contributed by atoms with Crippen LogP contribution in [0.3, 0.4) is 0 Å². The second kappa shape index (κ2) is 11.4. The highest BCUT2D eigenvalue weighted by Crippen LogP contribution is 2.52. The predicted octanol–water partition coefficient (Wildman–Crippen LogP) is 1.46. The SMILES string of the molecule is COC1CNC(Cl)CC1C1CC(C)NCC1C(=O)NC1NC2CN(C(=O)C3CC(OC)(C(F)(F)F)C3)CC2S1. The summed E-state index contributed by atoms with van der Waals surface area (Å²) in [6.07, 6.45) is -3.57. The summed E-state index contributed by atoms with van der Waals surface area (Å²) in [5.74, 6) is -0.867. The number of nitrogens with zero attached hydrogens (tertiary/aromatic N) is 1. The van der Waals surface area contributed by atoms with Crippen LogP contribution < -0.4 is 21.3 Å². The first-order valence-corrected chi connectivity index (χ1v) is 15.1. The third kappa shape index (κ3) is 5.78. The van der Waals surface area contributed by atoms with Crippen molar-refractivity contribution < 1.29 is 32.2 Å². The van der Waals surface area contributed by atoms with Gasteiger partial charge in [0.2, 0.25) is 11.8 Å². The van der Waals surface area contributed by atoms with Crippen LogP contribution in [0.4, 0.5) is 13.2 Å². The van der Waals surface area contributed by atoms with E-state index in [-0.39, 0.29) is 70.8 Å². The number of ether oxygens (including phenoxy) is 2. The van der Waals surface area contributed by atoms with Crippen molar-refractivity contribution in [1.82, 2.24) is 26.2 Å². The van der Waals surface area contributed by atoms with E-state index in [0.717, 1.165) is 20.0 Å². The van der Waals surface area contributed by atoms with Crippen molar-refractivity contribution in [3.63, 3.8) is 0 Å². The zero-order valence-electron chi connectivity index (χ0n) is 22.4. The van der Waals surface area contributed by atoms with E-state index in [1.165, 1.54) is 0 Å². The first-order valence-electron chi connectivity index (χ1n) is 13.7. The molecule has 1 aliphatic carbocycles. The van der Waals surface area contributed by atoms with E-state index in [1.54, 1.807) is 23.8 Å². The molecule has 39 heavy (non-hydrogen) atoms. The Labute approximate surface area is 236 Å². The molecule has 0 bridgehead atoms. The normalized spacial score (nSPS) is 44.5. The van der Waals surface area contributed by atoms with Gasteiger partial charge in [0.15, 0.2) is 5.60 Å². The molecule has 0 aromatic heterocycles. The highest BCUT2D eigenvalue weighted by molar-refractivity contribution is 8.00. The molecule has 4 saturated heterocycles. The molecule has 9 atom stereocenters. The lowest BCUT2D eigenvalue weighted by Gasteiger charge is -2.47. The van der Waals surface area contributed by atoms with Gasteiger partial charge in [0, 0.05) is 63.7 Å². The molecule has 9 nitrogen and oxygen atoms in total. The molecule has 0 aromatic rings. The molecule has 0 spiro atoms. The maximum atomic E-state index is 13.5. The number of fused-ring (bicyclic) bond motifs is 1. The molecule has 4 heterocycles. The van der Waals surface area contributed by atoms with Crippen LogP contribution in [0.1, 0.15) is 32.6 Å². The smallest absolute Gasteiger partial charge is 0.380 e. The van der Waals surface area contributed by atoms with Crippen LogP contribution in [0.15, 0.2) is 0 Å². The van der Waals surface area contributed by atoms with E-state index in [1.807, 2.05) is 0 Å². The molecule has 9 unspecified atom stereocenters. The van der Waals surface area contributed by atoms with Crippen LogP contribution in [0.2, 0.25) is 0 Å². The lowest BCUT2D eigenvalue weighted by atomic mass is 9.69. The van der Waals surface area contributed by atoms with Crippen molar-refractivity contribution in [2.24, 2.45) is 23.7 Å². The minimum absolute atomic E-state index is 0.00620. The number of carbonyl (C=O) groups is 2. The van der Waals surface area contributed by atoms with Crippen LogP contribution in [0, 0.1) is 23.7 Å². The van der Waals surface area contributed by atoms with Crippen LogP contribution in [0.5, 0.6) is 0 Å². The molecule has 14 heteroatoms. The molecule has 222 valence electrons. The minimum atomic E-state index is -4.49. The van der Waals surface area contributed by atoms with Gasteiger partial charge >= 0.3 is 6.18 Å². The van der Waals surface area contributed by atoms with Gasteiger partial charge in [0.1, 0.15) is 5.50 Å². The molecule has 5 fully saturated rings. The van der Waals surface area contributed by atoms with Gasteiger partial charge in [-0.15, -0.1) is 23.4 Å². The molecule has 1 saturated carbocycles. The van der Waals surface area contributed by atoms with Gasteiger partial charge < -0.3 is 25.0 Å². The molecule has 5 rings (SSSR count). The lowest BCUT2D eigenvalue weighted by molar-refractivity contribution is -0.306. The van der Waals surface area contributed by atoms with E-state index in [2.05, 4.69) is 28.2 Å². The number of halogens is 4. The summed E-state index contributed by atoms with van der Waals surface area (Å²) in [6.45, 7) is 4.23. The Morgan fingerprint density at radius 1 is 1.10 bits per heavy atom. The van der Waals surface area contributed by atoms with Gasteiger partial charge in [0.25, 0.3) is 0 Å². The van der Waals surface area contributed by atoms with E-state index < -0.39 is 17.7 Å². The summed E-state index contributed by atoms with van der Waals surface area (Å²) >= 11 is 8.00. The Hall–Kier alpha value is -0.830. The van der Waals surface area contributed by atoms with Crippen molar-refractivity contribution in [2.45, 2.75) is 78.8 Å². The average molecular weight is 598 g/mol. The molecular formula is C25H39ClF3N5O4S. The molecule has 5 aliphatic rings. The van der Waals surface area contributed by atoms with E-state index in [9.17, 15) is 22.8 Å². The van der Waals surface area contributed by atoms with Crippen LogP contribution in [-0.2, 0) is 19.1 Å². The van der Waals surface area contributed by atoms with Crippen molar-refractivity contribution in [1.29, 1.82) is 0 Å². The zero-order chi connectivity index (χ0) is 28.1. The quantitative estimate of drug-likeness (QED) is 0.270. The molecular weight excluding hydrogens is 559 g/mol. The molecule has 0 aromatic carbocycles. The highest BCUT2D eigenvalue weighted by atomic mass is 35.5. The number of thioether (sulfide) groups is 1. The minimum Gasteiger partial charge on any atom is -0.380 e. The maximum absolute atomic E-state index is 13.5. The number of nitrogens with one attached hydrogen (secondary N) is 4. The Morgan fingerprint density at radius 3 is 2.49 bits per heavy atom. The first-order chi connectivity index (χ1) is 18.4. The van der Waals surface area contributed by atoms with Gasteiger partial charge in [-0.05, 0) is 44.4 Å². The summed E-state index contributed by atoms with van der Waals surface area (Å²) < 4.78 is 50.5. The first kappa shape index (κ1) is 29.7. The summed E-state index contributed by atoms with van der Waals surface area (Å²) in [4.78, 5) is 28.1. The topological polar surface area (TPSA) is 104 Å². The predicted molar refractivity (Wildman–Crippen MR) is 141 cm³/mol. The Balaban J connectivity index is 1.14. The van der Waals surface area contributed by atoms with Gasteiger partial charge in [-0.1, -0.05) is 0 Å². The number of rotatable bonds is 6. The summed E-state index contributed by atoms with van der Waals surface area (Å²) in [7, 11) is 2.75. The van der Waals surface area contributed by atoms with Crippen molar-refractivity contribution in [3.8, 4) is 0 Å². The zero-order valence-corrected chi connectivity index (χ0v) is 24.0. The molecule has 4 N–H and O–H groups in total. The highest BCUT2D eigenvalue weighted by Gasteiger charge is 2.65. The van der Waals surface area contributed by atoms with E-state index in [4.69, 9.17) is 21.1 Å². The van der Waals surface area contributed by atoms with Crippen molar-refractivity contribution >= 4 is 35.2 Å². The van der Waals surface area contributed by atoms with Crippen LogP contribution >= 0.6 is 23.4 Å². The average Bonchev–Trinajstić information content (AvgIpc) is 3.41. The number of amides is 2. The number of alkyl halides is 4. The van der Waals surface area contributed by atoms with Crippen LogP contribution in [-0.4, -0.2) is 103 Å². The summed E-state index contributed by atoms with van der Waals surface area (Å²) in [6, 6.07) is 0.265. The standard InChI is InChI=1S/C25H39ClF3N5O4S/c1-12-4-14(15-5-20(26)31-9-18(15)37-2)16(8-30-12)21(35)33-23-32-17-10-34(11-19(17)39-23)22(36)13-6-24(7-13,38-3)25(27,28)29/h12-20,23,30-32H,4-11H2,1-3H3,(H,33,35). The second-order valence-electron chi connectivity index (χ2n) is 11.7. The fourth-order valence-corrected chi connectivity index (χ4v) is 8.83. The fourth-order valence-electron chi connectivity index (χ4n) is 7.13.